The first kappa shape index (κ1) is 21.1. The van der Waals surface area contributed by atoms with Crippen molar-refractivity contribution >= 4 is 6.72 Å². The van der Waals surface area contributed by atoms with Gasteiger partial charge in [0.2, 0.25) is 0 Å². The third kappa shape index (κ3) is 9.83. The number of hydrogen-bond acceptors (Lipinski definition) is 2. The van der Waals surface area contributed by atoms with E-state index < -0.39 is 0 Å². The van der Waals surface area contributed by atoms with Crippen LogP contribution in [0.2, 0.25) is 0 Å². The van der Waals surface area contributed by atoms with Crippen molar-refractivity contribution < 1.29 is 4.74 Å². The Hall–Kier alpha value is -1.93. The standard InChI is InChI=1S/C23H33NO/c1-19(2)23(24-5)15-14-20(3)10-9-11-21(4)16-17-25-18-22-12-7-6-8-13-22/h6-8,10,12-13,16,23H,1,5,9,11,14-15,17-18H2,2-4H3/b20-10+,21-16+. The van der Waals surface area contributed by atoms with Crippen molar-refractivity contribution in [1.29, 1.82) is 0 Å². The molecular formula is C23H33NO. The summed E-state index contributed by atoms with van der Waals surface area (Å²) in [5.41, 5.74) is 5.11. The average Bonchev–Trinajstić information content (AvgIpc) is 2.60. The average molecular weight is 340 g/mol. The van der Waals surface area contributed by atoms with Crippen LogP contribution in [-0.2, 0) is 11.3 Å². The van der Waals surface area contributed by atoms with E-state index in [0.29, 0.717) is 13.2 Å². The van der Waals surface area contributed by atoms with E-state index in [2.05, 4.69) is 56.4 Å². The van der Waals surface area contributed by atoms with Crippen molar-refractivity contribution in [2.75, 3.05) is 6.61 Å². The van der Waals surface area contributed by atoms with E-state index in [0.717, 1.165) is 31.3 Å². The topological polar surface area (TPSA) is 21.6 Å². The first-order chi connectivity index (χ1) is 12.0. The minimum absolute atomic E-state index is 0.187. The molecule has 0 heterocycles. The Morgan fingerprint density at radius 2 is 1.76 bits per heavy atom. The third-order valence-electron chi connectivity index (χ3n) is 4.29. The van der Waals surface area contributed by atoms with Crippen molar-refractivity contribution in [3.05, 3.63) is 71.3 Å². The molecule has 1 rings (SSSR count). The minimum atomic E-state index is 0.187. The Bertz CT molecular complexity index is 583. The number of allylic oxidation sites excluding steroid dienone is 3. The molecule has 2 heteroatoms. The Morgan fingerprint density at radius 1 is 1.08 bits per heavy atom. The zero-order chi connectivity index (χ0) is 18.5. The van der Waals surface area contributed by atoms with E-state index in [9.17, 15) is 0 Å². The van der Waals surface area contributed by atoms with Gasteiger partial charge >= 0.3 is 0 Å². The number of ether oxygens (including phenoxy) is 1. The zero-order valence-electron chi connectivity index (χ0n) is 16.1. The lowest BCUT2D eigenvalue weighted by Crippen LogP contribution is -2.04. The van der Waals surface area contributed by atoms with Crippen LogP contribution >= 0.6 is 0 Å². The maximum atomic E-state index is 5.70. The molecule has 0 aromatic heterocycles. The van der Waals surface area contributed by atoms with E-state index in [4.69, 9.17) is 4.74 Å². The van der Waals surface area contributed by atoms with Gasteiger partial charge in [-0.2, -0.15) is 0 Å². The van der Waals surface area contributed by atoms with Gasteiger partial charge in [0.15, 0.2) is 0 Å². The van der Waals surface area contributed by atoms with Gasteiger partial charge in [-0.1, -0.05) is 65.8 Å². The minimum Gasteiger partial charge on any atom is -0.373 e. The molecule has 0 fully saturated rings. The highest BCUT2D eigenvalue weighted by Crippen LogP contribution is 2.16. The SMILES string of the molecule is C=NC(CC/C(C)=C/CC/C(C)=C/COCc1ccccc1)C(=C)C. The predicted molar refractivity (Wildman–Crippen MR) is 110 cm³/mol. The highest BCUT2D eigenvalue weighted by Gasteiger charge is 2.05. The number of aliphatic imine (C=N–C) groups is 1. The van der Waals surface area contributed by atoms with Crippen molar-refractivity contribution in [2.24, 2.45) is 4.99 Å². The van der Waals surface area contributed by atoms with Gasteiger partial charge in [0.1, 0.15) is 0 Å². The molecule has 1 unspecified atom stereocenters. The first-order valence-electron chi connectivity index (χ1n) is 9.07. The molecule has 136 valence electrons. The van der Waals surface area contributed by atoms with Crippen LogP contribution in [0.1, 0.15) is 52.0 Å². The predicted octanol–water partition coefficient (Wildman–Crippen LogP) is 6.30. The molecule has 0 aliphatic carbocycles. The lowest BCUT2D eigenvalue weighted by molar-refractivity contribution is 0.148. The van der Waals surface area contributed by atoms with E-state index in [1.807, 2.05) is 25.1 Å². The Morgan fingerprint density at radius 3 is 2.40 bits per heavy atom. The maximum absolute atomic E-state index is 5.70. The van der Waals surface area contributed by atoms with Crippen molar-refractivity contribution in [3.8, 4) is 0 Å². The lowest BCUT2D eigenvalue weighted by atomic mass is 10.0. The van der Waals surface area contributed by atoms with Gasteiger partial charge in [-0.3, -0.25) is 4.99 Å². The normalized spacial score (nSPS) is 13.6. The Balaban J connectivity index is 2.22. The van der Waals surface area contributed by atoms with Crippen molar-refractivity contribution in [1.82, 2.24) is 0 Å². The summed E-state index contributed by atoms with van der Waals surface area (Å²) in [6, 6.07) is 10.5. The third-order valence-corrected chi connectivity index (χ3v) is 4.29. The summed E-state index contributed by atoms with van der Waals surface area (Å²) in [6.07, 6.45) is 8.73. The van der Waals surface area contributed by atoms with Crippen LogP contribution in [0.3, 0.4) is 0 Å². The summed E-state index contributed by atoms with van der Waals surface area (Å²) in [7, 11) is 0. The second-order valence-corrected chi connectivity index (χ2v) is 6.72. The van der Waals surface area contributed by atoms with Crippen LogP contribution in [0.5, 0.6) is 0 Å². The van der Waals surface area contributed by atoms with Gasteiger partial charge in [0, 0.05) is 0 Å². The molecule has 0 aliphatic heterocycles. The van der Waals surface area contributed by atoms with Gasteiger partial charge in [-0.25, -0.2) is 0 Å². The van der Waals surface area contributed by atoms with Crippen LogP contribution in [0.15, 0.2) is 70.8 Å². The van der Waals surface area contributed by atoms with Crippen LogP contribution in [0.25, 0.3) is 0 Å². The summed E-state index contributed by atoms with van der Waals surface area (Å²) < 4.78 is 5.70. The molecule has 1 aromatic carbocycles. The fourth-order valence-electron chi connectivity index (χ4n) is 2.56. The summed E-state index contributed by atoms with van der Waals surface area (Å²) in [5.74, 6) is 0. The van der Waals surface area contributed by atoms with Gasteiger partial charge in [0.25, 0.3) is 0 Å². The smallest absolute Gasteiger partial charge is 0.0721 e. The molecule has 0 spiro atoms. The van der Waals surface area contributed by atoms with E-state index >= 15 is 0 Å². The summed E-state index contributed by atoms with van der Waals surface area (Å²) in [5, 5.41) is 0. The second kappa shape index (κ2) is 12.4. The molecule has 0 saturated carbocycles. The van der Waals surface area contributed by atoms with Gasteiger partial charge in [0.05, 0.1) is 19.3 Å². The molecule has 0 amide bonds. The molecule has 0 saturated heterocycles. The summed E-state index contributed by atoms with van der Waals surface area (Å²) in [4.78, 5) is 4.13. The lowest BCUT2D eigenvalue weighted by Gasteiger charge is -2.11. The molecule has 0 aliphatic rings. The van der Waals surface area contributed by atoms with Gasteiger partial charge < -0.3 is 4.74 Å². The second-order valence-electron chi connectivity index (χ2n) is 6.72. The fraction of sp³-hybridized carbons (Fsp3) is 0.435. The number of benzene rings is 1. The molecule has 2 nitrogen and oxygen atoms in total. The van der Waals surface area contributed by atoms with E-state index in [1.54, 1.807) is 0 Å². The fourth-order valence-corrected chi connectivity index (χ4v) is 2.56. The molecule has 0 bridgehead atoms. The quantitative estimate of drug-likeness (QED) is 0.249. The zero-order valence-corrected chi connectivity index (χ0v) is 16.1. The largest absolute Gasteiger partial charge is 0.373 e. The molecule has 0 N–H and O–H groups in total. The first-order valence-corrected chi connectivity index (χ1v) is 9.07. The van der Waals surface area contributed by atoms with Gasteiger partial charge in [-0.05, 0) is 58.7 Å². The van der Waals surface area contributed by atoms with Crippen LogP contribution in [-0.4, -0.2) is 19.4 Å². The van der Waals surface area contributed by atoms with E-state index in [1.165, 1.54) is 16.7 Å². The summed E-state index contributed by atoms with van der Waals surface area (Å²) in [6.45, 7) is 15.4. The van der Waals surface area contributed by atoms with Crippen LogP contribution < -0.4 is 0 Å². The van der Waals surface area contributed by atoms with E-state index in [-0.39, 0.29) is 6.04 Å². The van der Waals surface area contributed by atoms with Crippen LogP contribution in [0.4, 0.5) is 0 Å². The molecule has 0 radical (unpaired) electrons. The highest BCUT2D eigenvalue weighted by molar-refractivity contribution is 5.26. The van der Waals surface area contributed by atoms with Gasteiger partial charge in [-0.15, -0.1) is 0 Å². The Kier molecular flexibility index (Phi) is 10.5. The Labute approximate surface area is 154 Å². The molecule has 1 atom stereocenters. The van der Waals surface area contributed by atoms with Crippen molar-refractivity contribution in [3.63, 3.8) is 0 Å². The summed E-state index contributed by atoms with van der Waals surface area (Å²) >= 11 is 0. The number of hydrogen-bond donors (Lipinski definition) is 0. The van der Waals surface area contributed by atoms with Crippen molar-refractivity contribution in [2.45, 2.75) is 59.1 Å². The molecule has 25 heavy (non-hydrogen) atoms. The molecular weight excluding hydrogens is 306 g/mol. The monoisotopic (exact) mass is 339 g/mol. The van der Waals surface area contributed by atoms with Crippen LogP contribution in [0, 0.1) is 0 Å². The number of nitrogens with zero attached hydrogens (tertiary/aromatic N) is 1. The number of rotatable bonds is 12. The highest BCUT2D eigenvalue weighted by atomic mass is 16.5. The molecule has 1 aromatic rings. The maximum Gasteiger partial charge on any atom is 0.0721 e.